The van der Waals surface area contributed by atoms with Gasteiger partial charge in [-0.05, 0) is 45.4 Å². The van der Waals surface area contributed by atoms with Crippen LogP contribution in [0.3, 0.4) is 0 Å². The largest absolute Gasteiger partial charge is 0.388 e. The van der Waals surface area contributed by atoms with Gasteiger partial charge in [-0.3, -0.25) is 4.99 Å². The van der Waals surface area contributed by atoms with Crippen LogP contribution in [0.2, 0.25) is 0 Å². The monoisotopic (exact) mass is 364 g/mol. The second-order valence-corrected chi connectivity index (χ2v) is 8.73. The van der Waals surface area contributed by atoms with Crippen LogP contribution >= 0.6 is 0 Å². The highest BCUT2D eigenvalue weighted by atomic mass is 16.3. The molecule has 1 saturated heterocycles. The van der Waals surface area contributed by atoms with E-state index < -0.39 is 5.60 Å². The molecule has 0 aromatic carbocycles. The molecule has 5 nitrogen and oxygen atoms in total. The van der Waals surface area contributed by atoms with Crippen molar-refractivity contribution in [1.29, 1.82) is 0 Å². The van der Waals surface area contributed by atoms with Crippen LogP contribution in [0.25, 0.3) is 0 Å². The van der Waals surface area contributed by atoms with E-state index in [1.807, 2.05) is 0 Å². The average molecular weight is 365 g/mol. The summed E-state index contributed by atoms with van der Waals surface area (Å²) in [6.45, 7) is 5.93. The maximum Gasteiger partial charge on any atom is 0.191 e. The number of nitrogens with one attached hydrogen (secondary N) is 2. The molecule has 2 aliphatic carbocycles. The van der Waals surface area contributed by atoms with Crippen molar-refractivity contribution in [3.8, 4) is 0 Å². The number of guanidine groups is 1. The quantitative estimate of drug-likeness (QED) is 0.518. The van der Waals surface area contributed by atoms with Gasteiger partial charge >= 0.3 is 0 Å². The van der Waals surface area contributed by atoms with Crippen molar-refractivity contribution >= 4 is 5.96 Å². The van der Waals surface area contributed by atoms with E-state index in [1.165, 1.54) is 64.5 Å². The van der Waals surface area contributed by atoms with Crippen LogP contribution in [-0.2, 0) is 0 Å². The number of aliphatic hydroxyl groups is 1. The van der Waals surface area contributed by atoms with Crippen molar-refractivity contribution in [1.82, 2.24) is 15.5 Å². The number of nitrogens with zero attached hydrogens (tertiary/aromatic N) is 2. The lowest BCUT2D eigenvalue weighted by atomic mass is 9.85. The molecule has 0 spiro atoms. The Hall–Kier alpha value is -0.810. The number of hydrogen-bond donors (Lipinski definition) is 3. The average Bonchev–Trinajstić information content (AvgIpc) is 2.68. The van der Waals surface area contributed by atoms with E-state index in [1.54, 1.807) is 0 Å². The van der Waals surface area contributed by atoms with E-state index in [0.717, 1.165) is 44.2 Å². The Morgan fingerprint density at radius 3 is 2.31 bits per heavy atom. The Labute approximate surface area is 160 Å². The highest BCUT2D eigenvalue weighted by Gasteiger charge is 2.29. The van der Waals surface area contributed by atoms with Gasteiger partial charge in [0.1, 0.15) is 0 Å². The zero-order valence-electron chi connectivity index (χ0n) is 16.8. The fourth-order valence-corrected chi connectivity index (χ4v) is 4.96. The van der Waals surface area contributed by atoms with Crippen LogP contribution in [0, 0.1) is 0 Å². The second kappa shape index (κ2) is 9.93. The summed E-state index contributed by atoms with van der Waals surface area (Å²) in [6.07, 6.45) is 14.8. The van der Waals surface area contributed by atoms with Gasteiger partial charge in [-0.15, -0.1) is 0 Å². The Balaban J connectivity index is 1.46. The summed E-state index contributed by atoms with van der Waals surface area (Å²) in [5.74, 6) is 0.891. The molecule has 0 aromatic rings. The van der Waals surface area contributed by atoms with Gasteiger partial charge in [0, 0.05) is 31.7 Å². The first-order valence-corrected chi connectivity index (χ1v) is 11.2. The van der Waals surface area contributed by atoms with Crippen LogP contribution in [0.4, 0.5) is 0 Å². The van der Waals surface area contributed by atoms with Crippen LogP contribution in [0.1, 0.15) is 84.0 Å². The summed E-state index contributed by atoms with van der Waals surface area (Å²) in [7, 11) is 0. The number of likely N-dealkylation sites (tertiary alicyclic amines) is 1. The Morgan fingerprint density at radius 1 is 1.00 bits per heavy atom. The highest BCUT2D eigenvalue weighted by Crippen LogP contribution is 2.28. The Kier molecular flexibility index (Phi) is 7.62. The van der Waals surface area contributed by atoms with Crippen molar-refractivity contribution in [2.24, 2.45) is 4.99 Å². The molecule has 3 N–H and O–H groups in total. The molecule has 0 radical (unpaired) electrons. The lowest BCUT2D eigenvalue weighted by Crippen LogP contribution is -2.51. The molecule has 0 aromatic heterocycles. The van der Waals surface area contributed by atoms with Crippen LogP contribution < -0.4 is 10.6 Å². The molecule has 1 aliphatic heterocycles. The van der Waals surface area contributed by atoms with Crippen LogP contribution in [0.15, 0.2) is 4.99 Å². The second-order valence-electron chi connectivity index (χ2n) is 8.73. The number of hydrogen-bond acceptors (Lipinski definition) is 3. The summed E-state index contributed by atoms with van der Waals surface area (Å²) in [4.78, 5) is 7.47. The van der Waals surface area contributed by atoms with E-state index in [0.29, 0.717) is 12.6 Å². The first-order chi connectivity index (χ1) is 12.7. The topological polar surface area (TPSA) is 59.9 Å². The summed E-state index contributed by atoms with van der Waals surface area (Å²) in [5.41, 5.74) is -0.578. The van der Waals surface area contributed by atoms with E-state index >= 15 is 0 Å². The molecule has 3 aliphatic rings. The fraction of sp³-hybridized carbons (Fsp3) is 0.952. The molecule has 0 amide bonds. The van der Waals surface area contributed by atoms with Crippen molar-refractivity contribution in [2.45, 2.75) is 102 Å². The Bertz CT molecular complexity index is 433. The van der Waals surface area contributed by atoms with E-state index in [-0.39, 0.29) is 0 Å². The third-order valence-corrected chi connectivity index (χ3v) is 6.62. The van der Waals surface area contributed by atoms with Crippen molar-refractivity contribution < 1.29 is 5.11 Å². The third-order valence-electron chi connectivity index (χ3n) is 6.62. The zero-order valence-corrected chi connectivity index (χ0v) is 16.8. The molecule has 0 unspecified atom stereocenters. The Morgan fingerprint density at radius 2 is 1.65 bits per heavy atom. The lowest BCUT2D eigenvalue weighted by Gasteiger charge is -2.39. The first kappa shape index (κ1) is 19.9. The molecule has 3 fully saturated rings. The molecule has 150 valence electrons. The minimum absolute atomic E-state index is 0.508. The number of rotatable bonds is 5. The molecule has 26 heavy (non-hydrogen) atoms. The zero-order chi connectivity index (χ0) is 18.2. The van der Waals surface area contributed by atoms with E-state index in [4.69, 9.17) is 4.99 Å². The van der Waals surface area contributed by atoms with Crippen molar-refractivity contribution in [2.75, 3.05) is 26.2 Å². The molecule has 2 saturated carbocycles. The van der Waals surface area contributed by atoms with Gasteiger partial charge < -0.3 is 20.6 Å². The van der Waals surface area contributed by atoms with Gasteiger partial charge in [0.25, 0.3) is 0 Å². The van der Waals surface area contributed by atoms with E-state index in [9.17, 15) is 5.11 Å². The van der Waals surface area contributed by atoms with Crippen LogP contribution in [-0.4, -0.2) is 59.8 Å². The summed E-state index contributed by atoms with van der Waals surface area (Å²) < 4.78 is 0. The van der Waals surface area contributed by atoms with Gasteiger partial charge in [0.05, 0.1) is 12.1 Å². The maximum absolute atomic E-state index is 10.7. The minimum Gasteiger partial charge on any atom is -0.388 e. The predicted molar refractivity (Wildman–Crippen MR) is 109 cm³/mol. The molecule has 1 heterocycles. The molecule has 0 bridgehead atoms. The first-order valence-electron chi connectivity index (χ1n) is 11.2. The van der Waals surface area contributed by atoms with Gasteiger partial charge in [0.2, 0.25) is 0 Å². The third kappa shape index (κ3) is 5.85. The molecule has 0 atom stereocenters. The van der Waals surface area contributed by atoms with Crippen LogP contribution in [0.5, 0.6) is 0 Å². The fourth-order valence-electron chi connectivity index (χ4n) is 4.96. The summed E-state index contributed by atoms with van der Waals surface area (Å²) >= 11 is 0. The SMILES string of the molecule is CCNC(=NCC1(O)CCCCC1)NC1CCN(C2CCCCC2)CC1. The molecular formula is C21H40N4O. The maximum atomic E-state index is 10.7. The van der Waals surface area contributed by atoms with Gasteiger partial charge in [-0.25, -0.2) is 0 Å². The smallest absolute Gasteiger partial charge is 0.191 e. The standard InChI is InChI=1S/C21H40N4O/c1-2-22-20(23-17-21(26)13-7-4-8-14-21)24-18-11-15-25(16-12-18)19-9-5-3-6-10-19/h18-19,26H,2-17H2,1H3,(H2,22,23,24). The summed E-state index contributed by atoms with van der Waals surface area (Å²) in [6, 6.07) is 1.35. The number of piperidine rings is 1. The molecular weight excluding hydrogens is 324 g/mol. The van der Waals surface area contributed by atoms with Crippen molar-refractivity contribution in [3.63, 3.8) is 0 Å². The lowest BCUT2D eigenvalue weighted by molar-refractivity contribution is 0.0131. The summed E-state index contributed by atoms with van der Waals surface area (Å²) in [5, 5.41) is 17.7. The normalized spacial score (nSPS) is 26.6. The van der Waals surface area contributed by atoms with Gasteiger partial charge in [-0.2, -0.15) is 0 Å². The van der Waals surface area contributed by atoms with E-state index in [2.05, 4.69) is 22.5 Å². The molecule has 3 rings (SSSR count). The number of aliphatic imine (C=N–C) groups is 1. The van der Waals surface area contributed by atoms with Crippen molar-refractivity contribution in [3.05, 3.63) is 0 Å². The predicted octanol–water partition coefficient (Wildman–Crippen LogP) is 3.03. The molecule has 5 heteroatoms. The van der Waals surface area contributed by atoms with Gasteiger partial charge in [-0.1, -0.05) is 38.5 Å². The van der Waals surface area contributed by atoms with Gasteiger partial charge in [0.15, 0.2) is 5.96 Å². The minimum atomic E-state index is -0.578. The highest BCUT2D eigenvalue weighted by molar-refractivity contribution is 5.80.